The Labute approximate surface area is 66.9 Å². The van der Waals surface area contributed by atoms with E-state index in [0.717, 1.165) is 16.8 Å². The molecule has 0 spiro atoms. The highest BCUT2D eigenvalue weighted by Gasteiger charge is 1.93. The van der Waals surface area contributed by atoms with Gasteiger partial charge in [0.1, 0.15) is 0 Å². The van der Waals surface area contributed by atoms with Crippen LogP contribution in [0.25, 0.3) is 0 Å². The molecule has 0 aliphatic rings. The van der Waals surface area contributed by atoms with Gasteiger partial charge < -0.3 is 0 Å². The van der Waals surface area contributed by atoms with Gasteiger partial charge in [-0.1, -0.05) is 43.4 Å². The fourth-order valence-electron chi connectivity index (χ4n) is 0.777. The lowest BCUT2D eigenvalue weighted by Crippen LogP contribution is -1.92. The highest BCUT2D eigenvalue weighted by atomic mass is 32.1. The molecule has 51 valence electrons. The molecular formula is C9H9S. The molecule has 0 unspecified atom stereocenters. The molecule has 0 fully saturated rings. The average Bonchev–Trinajstić information content (AvgIpc) is 2.05. The van der Waals surface area contributed by atoms with Gasteiger partial charge in [-0.15, -0.1) is 0 Å². The van der Waals surface area contributed by atoms with Crippen molar-refractivity contribution in [1.82, 2.24) is 0 Å². The van der Waals surface area contributed by atoms with Gasteiger partial charge in [0.15, 0.2) is 0 Å². The summed E-state index contributed by atoms with van der Waals surface area (Å²) in [5, 5.41) is 0. The van der Waals surface area contributed by atoms with Crippen molar-refractivity contribution in [2.75, 3.05) is 0 Å². The number of benzene rings is 1. The van der Waals surface area contributed by atoms with Crippen LogP contribution < -0.4 is 0 Å². The van der Waals surface area contributed by atoms with E-state index < -0.39 is 0 Å². The third-order valence-corrected chi connectivity index (χ3v) is 1.89. The molecule has 1 heteroatoms. The Balaban J connectivity index is 2.85. The average molecular weight is 149 g/mol. The lowest BCUT2D eigenvalue weighted by molar-refractivity contribution is 1.31. The van der Waals surface area contributed by atoms with Crippen molar-refractivity contribution in [2.24, 2.45) is 0 Å². The molecule has 0 heterocycles. The molecule has 0 amide bonds. The van der Waals surface area contributed by atoms with E-state index in [1.165, 1.54) is 0 Å². The Kier molecular flexibility index (Phi) is 2.57. The standard InChI is InChI=1S/C9H9S/c1-2-9(10)8-6-4-3-5-7-8/h4-7H,2H2,1H3. The van der Waals surface area contributed by atoms with Crippen LogP contribution in [-0.4, -0.2) is 4.86 Å². The lowest BCUT2D eigenvalue weighted by atomic mass is 10.1. The van der Waals surface area contributed by atoms with E-state index in [4.69, 9.17) is 12.2 Å². The van der Waals surface area contributed by atoms with Gasteiger partial charge in [-0.05, 0) is 18.1 Å². The van der Waals surface area contributed by atoms with Crippen LogP contribution >= 0.6 is 12.2 Å². The first-order chi connectivity index (χ1) is 4.84. The van der Waals surface area contributed by atoms with Crippen LogP contribution in [0.15, 0.2) is 24.3 Å². The molecule has 0 aliphatic heterocycles. The van der Waals surface area contributed by atoms with E-state index in [1.54, 1.807) is 0 Å². The van der Waals surface area contributed by atoms with E-state index >= 15 is 0 Å². The molecule has 0 N–H and O–H groups in total. The highest BCUT2D eigenvalue weighted by molar-refractivity contribution is 7.80. The predicted molar refractivity (Wildman–Crippen MR) is 47.3 cm³/mol. The minimum atomic E-state index is 0.944. The van der Waals surface area contributed by atoms with Crippen molar-refractivity contribution in [3.8, 4) is 0 Å². The van der Waals surface area contributed by atoms with Gasteiger partial charge in [0.25, 0.3) is 0 Å². The summed E-state index contributed by atoms with van der Waals surface area (Å²) in [6.45, 7) is 2.07. The maximum atomic E-state index is 5.11. The Hall–Kier alpha value is -0.690. The minimum absolute atomic E-state index is 0.944. The molecule has 0 aliphatic carbocycles. The van der Waals surface area contributed by atoms with Crippen molar-refractivity contribution < 1.29 is 0 Å². The summed E-state index contributed by atoms with van der Waals surface area (Å²) in [7, 11) is 0. The summed E-state index contributed by atoms with van der Waals surface area (Å²) in [6, 6.07) is 10.7. The van der Waals surface area contributed by atoms with Gasteiger partial charge in [-0.2, -0.15) is 0 Å². The van der Waals surface area contributed by atoms with Gasteiger partial charge in [0.05, 0.1) is 0 Å². The van der Waals surface area contributed by atoms with E-state index in [0.29, 0.717) is 0 Å². The lowest BCUT2D eigenvalue weighted by Gasteiger charge is -1.96. The van der Waals surface area contributed by atoms with Gasteiger partial charge >= 0.3 is 0 Å². The number of hydrogen-bond donors (Lipinski definition) is 0. The van der Waals surface area contributed by atoms with Gasteiger partial charge in [0, 0.05) is 4.86 Å². The monoisotopic (exact) mass is 149 g/mol. The smallest absolute Gasteiger partial charge is 0.0221 e. The molecule has 1 rings (SSSR count). The van der Waals surface area contributed by atoms with Crippen LogP contribution in [0.3, 0.4) is 0 Å². The van der Waals surface area contributed by atoms with Crippen LogP contribution in [0, 0.1) is 6.07 Å². The second-order valence-electron chi connectivity index (χ2n) is 2.07. The predicted octanol–water partition coefficient (Wildman–Crippen LogP) is 2.61. The second-order valence-corrected chi connectivity index (χ2v) is 2.56. The van der Waals surface area contributed by atoms with Crippen molar-refractivity contribution >= 4 is 17.1 Å². The maximum absolute atomic E-state index is 5.11. The van der Waals surface area contributed by atoms with Crippen LogP contribution in [0.4, 0.5) is 0 Å². The summed E-state index contributed by atoms with van der Waals surface area (Å²) in [6.07, 6.45) is 0.944. The fraction of sp³-hybridized carbons (Fsp3) is 0.222. The molecule has 0 saturated heterocycles. The van der Waals surface area contributed by atoms with Crippen LogP contribution in [-0.2, 0) is 0 Å². The number of hydrogen-bond acceptors (Lipinski definition) is 1. The molecule has 0 bridgehead atoms. The van der Waals surface area contributed by atoms with Crippen molar-refractivity contribution in [1.29, 1.82) is 0 Å². The largest absolute Gasteiger partial charge is 0.0843 e. The third-order valence-electron chi connectivity index (χ3n) is 1.36. The quantitative estimate of drug-likeness (QED) is 0.460. The summed E-state index contributed by atoms with van der Waals surface area (Å²) >= 11 is 5.11. The van der Waals surface area contributed by atoms with E-state index in [2.05, 4.69) is 13.0 Å². The Morgan fingerprint density at radius 2 is 2.10 bits per heavy atom. The summed E-state index contributed by atoms with van der Waals surface area (Å²) in [5.41, 5.74) is 1.15. The SMILES string of the molecule is CCC(=S)c1cc[c]cc1. The van der Waals surface area contributed by atoms with Crippen molar-refractivity contribution in [3.05, 3.63) is 35.9 Å². The van der Waals surface area contributed by atoms with Gasteiger partial charge in [0.2, 0.25) is 0 Å². The second kappa shape index (κ2) is 3.47. The minimum Gasteiger partial charge on any atom is -0.0843 e. The number of thiocarbonyl (C=S) groups is 1. The summed E-state index contributed by atoms with van der Waals surface area (Å²) in [4.78, 5) is 1.02. The topological polar surface area (TPSA) is 0 Å². The summed E-state index contributed by atoms with van der Waals surface area (Å²) in [5.74, 6) is 0. The Bertz CT molecular complexity index is 213. The van der Waals surface area contributed by atoms with E-state index in [-0.39, 0.29) is 0 Å². The Morgan fingerprint density at radius 1 is 1.50 bits per heavy atom. The van der Waals surface area contributed by atoms with E-state index in [1.807, 2.05) is 24.3 Å². The van der Waals surface area contributed by atoms with Crippen molar-refractivity contribution in [2.45, 2.75) is 13.3 Å². The zero-order valence-electron chi connectivity index (χ0n) is 5.92. The molecule has 1 aromatic rings. The van der Waals surface area contributed by atoms with Crippen LogP contribution in [0.2, 0.25) is 0 Å². The first kappa shape index (κ1) is 7.42. The zero-order valence-corrected chi connectivity index (χ0v) is 6.74. The fourth-order valence-corrected chi connectivity index (χ4v) is 0.913. The molecule has 10 heavy (non-hydrogen) atoms. The first-order valence-electron chi connectivity index (χ1n) is 3.34. The molecule has 0 saturated carbocycles. The number of rotatable bonds is 2. The molecule has 1 radical (unpaired) electrons. The van der Waals surface area contributed by atoms with Crippen LogP contribution in [0.5, 0.6) is 0 Å². The molecule has 1 aromatic carbocycles. The molecular weight excluding hydrogens is 140 g/mol. The zero-order chi connectivity index (χ0) is 7.40. The van der Waals surface area contributed by atoms with Gasteiger partial charge in [-0.25, -0.2) is 0 Å². The normalized spacial score (nSPS) is 9.30. The Morgan fingerprint density at radius 3 is 2.60 bits per heavy atom. The first-order valence-corrected chi connectivity index (χ1v) is 3.74. The molecule has 0 nitrogen and oxygen atoms in total. The van der Waals surface area contributed by atoms with E-state index in [9.17, 15) is 0 Å². The highest BCUT2D eigenvalue weighted by Crippen LogP contribution is 2.02. The maximum Gasteiger partial charge on any atom is 0.0221 e. The molecule has 0 aromatic heterocycles. The van der Waals surface area contributed by atoms with Crippen LogP contribution in [0.1, 0.15) is 18.9 Å². The van der Waals surface area contributed by atoms with Crippen molar-refractivity contribution in [3.63, 3.8) is 0 Å². The summed E-state index contributed by atoms with van der Waals surface area (Å²) < 4.78 is 0. The molecule has 0 atom stereocenters. The van der Waals surface area contributed by atoms with Gasteiger partial charge in [-0.3, -0.25) is 0 Å². The third kappa shape index (κ3) is 1.64.